The van der Waals surface area contributed by atoms with E-state index < -0.39 is 0 Å². The average Bonchev–Trinajstić information content (AvgIpc) is 2.51. The average molecular weight is 283 g/mol. The van der Waals surface area contributed by atoms with Gasteiger partial charge in [-0.25, -0.2) is 0 Å². The molecule has 2 N–H and O–H groups in total. The van der Waals surface area contributed by atoms with E-state index in [9.17, 15) is 9.90 Å². The normalized spacial score (nSPS) is 11.9. The van der Waals surface area contributed by atoms with Crippen molar-refractivity contribution in [3.05, 3.63) is 71.3 Å². The molecule has 2 aromatic rings. The van der Waals surface area contributed by atoms with Crippen LogP contribution in [0.4, 0.5) is 0 Å². The van der Waals surface area contributed by atoms with Gasteiger partial charge < -0.3 is 10.4 Å². The van der Waals surface area contributed by atoms with Gasteiger partial charge in [0, 0.05) is 6.42 Å². The van der Waals surface area contributed by atoms with E-state index in [0.29, 0.717) is 12.8 Å². The number of carbonyl (C=O) groups excluding carboxylic acids is 1. The maximum absolute atomic E-state index is 12.0. The Bertz CT molecular complexity index is 581. The van der Waals surface area contributed by atoms with Crippen LogP contribution < -0.4 is 5.32 Å². The molecule has 110 valence electrons. The van der Waals surface area contributed by atoms with E-state index in [1.807, 2.05) is 55.5 Å². The van der Waals surface area contributed by atoms with Crippen molar-refractivity contribution in [2.45, 2.75) is 25.8 Å². The fourth-order valence-corrected chi connectivity index (χ4v) is 2.31. The van der Waals surface area contributed by atoms with Gasteiger partial charge in [0.25, 0.3) is 0 Å². The van der Waals surface area contributed by atoms with Crippen molar-refractivity contribution in [1.82, 2.24) is 5.32 Å². The first-order chi connectivity index (χ1) is 10.2. The summed E-state index contributed by atoms with van der Waals surface area (Å²) in [6, 6.07) is 17.4. The highest BCUT2D eigenvalue weighted by molar-refractivity contribution is 5.76. The summed E-state index contributed by atoms with van der Waals surface area (Å²) >= 11 is 0. The zero-order valence-corrected chi connectivity index (χ0v) is 12.3. The second-order valence-electron chi connectivity index (χ2n) is 5.20. The number of carbonyl (C=O) groups is 1. The molecule has 21 heavy (non-hydrogen) atoms. The summed E-state index contributed by atoms with van der Waals surface area (Å²) in [6.07, 6.45) is 1.13. The van der Waals surface area contributed by atoms with Crippen molar-refractivity contribution in [2.75, 3.05) is 6.61 Å². The molecule has 3 nitrogen and oxygen atoms in total. The lowest BCUT2D eigenvalue weighted by atomic mass is 10.1. The second kappa shape index (κ2) is 7.60. The first-order valence-electron chi connectivity index (χ1n) is 7.20. The highest BCUT2D eigenvalue weighted by atomic mass is 16.3. The molecule has 3 heteroatoms. The number of hydrogen-bond donors (Lipinski definition) is 2. The van der Waals surface area contributed by atoms with Crippen molar-refractivity contribution in [3.8, 4) is 0 Å². The fraction of sp³-hybridized carbons (Fsp3) is 0.278. The van der Waals surface area contributed by atoms with Crippen LogP contribution in [-0.4, -0.2) is 17.6 Å². The summed E-state index contributed by atoms with van der Waals surface area (Å²) in [7, 11) is 0. The molecule has 0 aromatic heterocycles. The number of aliphatic hydroxyl groups is 1. The van der Waals surface area contributed by atoms with E-state index in [2.05, 4.69) is 11.4 Å². The van der Waals surface area contributed by atoms with Gasteiger partial charge in [-0.3, -0.25) is 4.79 Å². The fourth-order valence-electron chi connectivity index (χ4n) is 2.31. The Morgan fingerprint density at radius 1 is 1.14 bits per heavy atom. The van der Waals surface area contributed by atoms with Gasteiger partial charge >= 0.3 is 0 Å². The lowest BCUT2D eigenvalue weighted by molar-refractivity contribution is -0.122. The second-order valence-corrected chi connectivity index (χ2v) is 5.20. The van der Waals surface area contributed by atoms with Gasteiger partial charge in [-0.1, -0.05) is 60.2 Å². The highest BCUT2D eigenvalue weighted by Crippen LogP contribution is 2.12. The summed E-state index contributed by atoms with van der Waals surface area (Å²) in [6.45, 7) is 1.95. The minimum absolute atomic E-state index is 0.0422. The molecular formula is C18H21NO2. The minimum atomic E-state index is -0.337. The first kappa shape index (κ1) is 15.3. The first-order valence-corrected chi connectivity index (χ1v) is 7.20. The monoisotopic (exact) mass is 283 g/mol. The van der Waals surface area contributed by atoms with E-state index in [4.69, 9.17) is 0 Å². The quantitative estimate of drug-likeness (QED) is 0.856. The smallest absolute Gasteiger partial charge is 0.220 e. The van der Waals surface area contributed by atoms with E-state index >= 15 is 0 Å². The maximum atomic E-state index is 12.0. The Labute approximate surface area is 125 Å². The molecule has 1 amide bonds. The van der Waals surface area contributed by atoms with Crippen molar-refractivity contribution in [1.29, 1.82) is 0 Å². The Hall–Kier alpha value is -2.13. The molecule has 0 fully saturated rings. The molecule has 0 saturated carbocycles. The lowest BCUT2D eigenvalue weighted by Crippen LogP contribution is -2.30. The van der Waals surface area contributed by atoms with E-state index in [1.165, 1.54) is 5.56 Å². The zero-order valence-electron chi connectivity index (χ0n) is 12.3. The number of rotatable bonds is 6. The number of hydrogen-bond acceptors (Lipinski definition) is 2. The third kappa shape index (κ3) is 4.72. The summed E-state index contributed by atoms with van der Waals surface area (Å²) in [5.74, 6) is -0.0422. The largest absolute Gasteiger partial charge is 0.394 e. The van der Waals surface area contributed by atoms with Crippen LogP contribution in [0.15, 0.2) is 54.6 Å². The molecule has 0 heterocycles. The Morgan fingerprint density at radius 3 is 2.57 bits per heavy atom. The molecule has 0 radical (unpaired) electrons. The molecule has 0 aliphatic carbocycles. The van der Waals surface area contributed by atoms with Crippen LogP contribution in [0.5, 0.6) is 0 Å². The molecule has 0 aliphatic rings. The lowest BCUT2D eigenvalue weighted by Gasteiger charge is -2.16. The molecule has 0 saturated heterocycles. The van der Waals surface area contributed by atoms with Crippen molar-refractivity contribution < 1.29 is 9.90 Å². The summed E-state index contributed by atoms with van der Waals surface area (Å²) < 4.78 is 0. The molecule has 2 rings (SSSR count). The topological polar surface area (TPSA) is 49.3 Å². The van der Waals surface area contributed by atoms with Gasteiger partial charge in [0.1, 0.15) is 0 Å². The number of aryl methyl sites for hydroxylation is 2. The van der Waals surface area contributed by atoms with Gasteiger partial charge in [-0.05, 0) is 24.5 Å². The molecular weight excluding hydrogens is 262 g/mol. The third-order valence-corrected chi connectivity index (χ3v) is 3.44. The number of nitrogens with one attached hydrogen (secondary N) is 1. The zero-order chi connectivity index (χ0) is 15.1. The van der Waals surface area contributed by atoms with Crippen molar-refractivity contribution >= 4 is 5.91 Å². The van der Waals surface area contributed by atoms with Crippen molar-refractivity contribution in [2.24, 2.45) is 0 Å². The molecule has 0 unspecified atom stereocenters. The molecule has 0 spiro atoms. The van der Waals surface area contributed by atoms with Crippen LogP contribution in [0.25, 0.3) is 0 Å². The number of aliphatic hydroxyl groups excluding tert-OH is 1. The van der Waals surface area contributed by atoms with Crippen LogP contribution in [-0.2, 0) is 11.2 Å². The predicted octanol–water partition coefficient (Wildman–Crippen LogP) is 2.78. The summed E-state index contributed by atoms with van der Waals surface area (Å²) in [5.41, 5.74) is 3.28. The van der Waals surface area contributed by atoms with Gasteiger partial charge in [-0.2, -0.15) is 0 Å². The van der Waals surface area contributed by atoms with E-state index in [1.54, 1.807) is 0 Å². The Balaban J connectivity index is 1.89. The van der Waals surface area contributed by atoms with Gasteiger partial charge in [0.15, 0.2) is 0 Å². The van der Waals surface area contributed by atoms with Crippen LogP contribution in [0.1, 0.15) is 29.2 Å². The van der Waals surface area contributed by atoms with Gasteiger partial charge in [-0.15, -0.1) is 0 Å². The van der Waals surface area contributed by atoms with E-state index in [-0.39, 0.29) is 18.6 Å². The minimum Gasteiger partial charge on any atom is -0.394 e. The standard InChI is InChI=1S/C18H21NO2/c1-14-6-5-7-15(12-14)10-11-18(21)19-17(13-20)16-8-3-2-4-9-16/h2-9,12,17,20H,10-11,13H2,1H3,(H,19,21)/t17-/m1/s1. The third-order valence-electron chi connectivity index (χ3n) is 3.44. The molecule has 0 aliphatic heterocycles. The Morgan fingerprint density at radius 2 is 1.90 bits per heavy atom. The predicted molar refractivity (Wildman–Crippen MR) is 83.9 cm³/mol. The Kier molecular flexibility index (Phi) is 5.52. The number of benzene rings is 2. The van der Waals surface area contributed by atoms with E-state index in [0.717, 1.165) is 11.1 Å². The molecule has 0 bridgehead atoms. The van der Waals surface area contributed by atoms with Crippen LogP contribution >= 0.6 is 0 Å². The maximum Gasteiger partial charge on any atom is 0.220 e. The summed E-state index contributed by atoms with van der Waals surface area (Å²) in [5, 5.41) is 12.3. The van der Waals surface area contributed by atoms with Crippen LogP contribution in [0, 0.1) is 6.92 Å². The number of amides is 1. The summed E-state index contributed by atoms with van der Waals surface area (Å²) in [4.78, 5) is 12.0. The van der Waals surface area contributed by atoms with Crippen molar-refractivity contribution in [3.63, 3.8) is 0 Å². The van der Waals surface area contributed by atoms with Gasteiger partial charge in [0.2, 0.25) is 5.91 Å². The molecule has 1 atom stereocenters. The molecule has 2 aromatic carbocycles. The van der Waals surface area contributed by atoms with Crippen LogP contribution in [0.2, 0.25) is 0 Å². The SMILES string of the molecule is Cc1cccc(CCC(=O)N[C@H](CO)c2ccccc2)c1. The highest BCUT2D eigenvalue weighted by Gasteiger charge is 2.13. The van der Waals surface area contributed by atoms with Gasteiger partial charge in [0.05, 0.1) is 12.6 Å². The van der Waals surface area contributed by atoms with Crippen LogP contribution in [0.3, 0.4) is 0 Å².